The van der Waals surface area contributed by atoms with Gasteiger partial charge in [-0.3, -0.25) is 0 Å². The summed E-state index contributed by atoms with van der Waals surface area (Å²) >= 11 is 0. The first-order valence-electron chi connectivity index (χ1n) is 8.71. The molecule has 27 heavy (non-hydrogen) atoms. The lowest BCUT2D eigenvalue weighted by Gasteiger charge is -2.23. The fourth-order valence-electron chi connectivity index (χ4n) is 3.09. The summed E-state index contributed by atoms with van der Waals surface area (Å²) in [4.78, 5) is 0. The summed E-state index contributed by atoms with van der Waals surface area (Å²) in [5.41, 5.74) is 2.80. The third kappa shape index (κ3) is 6.33. The minimum absolute atomic E-state index is 0. The van der Waals surface area contributed by atoms with Crippen molar-refractivity contribution < 1.29 is 22.6 Å². The number of piperidine rings is 1. The van der Waals surface area contributed by atoms with Gasteiger partial charge < -0.3 is 14.8 Å². The SMILES string of the molecule is Cc1cccc(-c2ccc(OC(F)(F)F)c(OCC3CCNCC3)c2)c1.Cl. The summed E-state index contributed by atoms with van der Waals surface area (Å²) in [5.74, 6) is 0.153. The zero-order chi connectivity index (χ0) is 18.6. The van der Waals surface area contributed by atoms with Crippen molar-refractivity contribution >= 4 is 12.4 Å². The Labute approximate surface area is 163 Å². The van der Waals surface area contributed by atoms with Crippen molar-refractivity contribution in [2.24, 2.45) is 5.92 Å². The fraction of sp³-hybridized carbons (Fsp3) is 0.400. The topological polar surface area (TPSA) is 30.5 Å². The van der Waals surface area contributed by atoms with Crippen molar-refractivity contribution in [1.29, 1.82) is 0 Å². The van der Waals surface area contributed by atoms with Crippen molar-refractivity contribution in [2.75, 3.05) is 19.7 Å². The van der Waals surface area contributed by atoms with Gasteiger partial charge in [-0.1, -0.05) is 35.9 Å². The van der Waals surface area contributed by atoms with Gasteiger partial charge in [0.25, 0.3) is 0 Å². The maximum absolute atomic E-state index is 12.7. The van der Waals surface area contributed by atoms with E-state index in [-0.39, 0.29) is 23.9 Å². The van der Waals surface area contributed by atoms with Gasteiger partial charge in [-0.05, 0) is 62.0 Å². The minimum atomic E-state index is -4.75. The monoisotopic (exact) mass is 401 g/mol. The first-order chi connectivity index (χ1) is 12.4. The number of hydrogen-bond donors (Lipinski definition) is 1. The number of rotatable bonds is 5. The van der Waals surface area contributed by atoms with Crippen molar-refractivity contribution in [3.05, 3.63) is 48.0 Å². The molecule has 1 heterocycles. The molecule has 0 radical (unpaired) electrons. The van der Waals surface area contributed by atoms with Crippen molar-refractivity contribution in [3.8, 4) is 22.6 Å². The second-order valence-electron chi connectivity index (χ2n) is 6.58. The van der Waals surface area contributed by atoms with E-state index in [1.807, 2.05) is 31.2 Å². The van der Waals surface area contributed by atoms with Crippen LogP contribution in [-0.4, -0.2) is 26.1 Å². The predicted octanol–water partition coefficient (Wildman–Crippen LogP) is 5.36. The lowest BCUT2D eigenvalue weighted by molar-refractivity contribution is -0.275. The zero-order valence-electron chi connectivity index (χ0n) is 15.0. The third-order valence-corrected chi connectivity index (χ3v) is 4.45. The molecule has 1 saturated heterocycles. The number of ether oxygens (including phenoxy) is 2. The van der Waals surface area contributed by atoms with Gasteiger partial charge in [0, 0.05) is 0 Å². The molecule has 3 rings (SSSR count). The number of halogens is 4. The summed E-state index contributed by atoms with van der Waals surface area (Å²) in [7, 11) is 0. The van der Waals surface area contributed by atoms with Gasteiger partial charge in [0.2, 0.25) is 0 Å². The van der Waals surface area contributed by atoms with Crippen molar-refractivity contribution in [1.82, 2.24) is 5.32 Å². The predicted molar refractivity (Wildman–Crippen MR) is 102 cm³/mol. The highest BCUT2D eigenvalue weighted by Crippen LogP contribution is 2.36. The van der Waals surface area contributed by atoms with Gasteiger partial charge in [-0.25, -0.2) is 0 Å². The van der Waals surface area contributed by atoms with E-state index in [2.05, 4.69) is 10.1 Å². The maximum Gasteiger partial charge on any atom is 0.573 e. The Morgan fingerprint density at radius 1 is 1.00 bits per heavy atom. The van der Waals surface area contributed by atoms with E-state index in [9.17, 15) is 13.2 Å². The van der Waals surface area contributed by atoms with Crippen LogP contribution in [0.2, 0.25) is 0 Å². The van der Waals surface area contributed by atoms with Crippen LogP contribution in [-0.2, 0) is 0 Å². The van der Waals surface area contributed by atoms with Crippen molar-refractivity contribution in [2.45, 2.75) is 26.1 Å². The lowest BCUT2D eigenvalue weighted by Crippen LogP contribution is -2.30. The van der Waals surface area contributed by atoms with Gasteiger partial charge in [-0.2, -0.15) is 0 Å². The highest BCUT2D eigenvalue weighted by atomic mass is 35.5. The second-order valence-corrected chi connectivity index (χ2v) is 6.58. The number of benzene rings is 2. The molecule has 0 bridgehead atoms. The molecule has 0 amide bonds. The van der Waals surface area contributed by atoms with E-state index in [4.69, 9.17) is 4.74 Å². The van der Waals surface area contributed by atoms with Gasteiger partial charge in [-0.15, -0.1) is 25.6 Å². The standard InChI is InChI=1S/C20H22F3NO2.ClH/c1-14-3-2-4-16(11-14)17-5-6-18(26-20(21,22)23)19(12-17)25-13-15-7-9-24-10-8-15;/h2-6,11-12,15,24H,7-10,13H2,1H3;1H. The quantitative estimate of drug-likeness (QED) is 0.731. The number of hydrogen-bond acceptors (Lipinski definition) is 3. The highest BCUT2D eigenvalue weighted by Gasteiger charge is 2.32. The second kappa shape index (κ2) is 9.33. The van der Waals surface area contributed by atoms with Crippen LogP contribution in [0.25, 0.3) is 11.1 Å². The Morgan fingerprint density at radius 3 is 2.37 bits per heavy atom. The van der Waals surface area contributed by atoms with E-state index < -0.39 is 6.36 Å². The molecule has 148 valence electrons. The first-order valence-corrected chi connectivity index (χ1v) is 8.71. The van der Waals surface area contributed by atoms with Crippen LogP contribution in [0.3, 0.4) is 0 Å². The Balaban J connectivity index is 0.00000261. The Bertz CT molecular complexity index is 746. The average Bonchev–Trinajstić information content (AvgIpc) is 2.60. The molecular formula is C20H23ClF3NO2. The smallest absolute Gasteiger partial charge is 0.489 e. The largest absolute Gasteiger partial charge is 0.573 e. The molecule has 1 aliphatic heterocycles. The van der Waals surface area contributed by atoms with Crippen LogP contribution in [0.15, 0.2) is 42.5 Å². The summed E-state index contributed by atoms with van der Waals surface area (Å²) < 4.78 is 48.0. The summed E-state index contributed by atoms with van der Waals surface area (Å²) in [6.45, 7) is 4.17. The average molecular weight is 402 g/mol. The molecule has 1 N–H and O–H groups in total. The van der Waals surface area contributed by atoms with Crippen LogP contribution in [0.1, 0.15) is 18.4 Å². The molecule has 2 aromatic carbocycles. The molecule has 7 heteroatoms. The molecule has 3 nitrogen and oxygen atoms in total. The van der Waals surface area contributed by atoms with E-state index in [0.717, 1.165) is 42.6 Å². The van der Waals surface area contributed by atoms with E-state index in [1.165, 1.54) is 6.07 Å². The maximum atomic E-state index is 12.7. The van der Waals surface area contributed by atoms with Crippen LogP contribution in [0.4, 0.5) is 13.2 Å². The Kier molecular flexibility index (Phi) is 7.39. The molecule has 1 fully saturated rings. The Morgan fingerprint density at radius 2 is 1.70 bits per heavy atom. The molecule has 0 atom stereocenters. The van der Waals surface area contributed by atoms with Gasteiger partial charge in [0.15, 0.2) is 11.5 Å². The van der Waals surface area contributed by atoms with Gasteiger partial charge in [0.05, 0.1) is 6.61 Å². The molecule has 0 spiro atoms. The number of aryl methyl sites for hydroxylation is 1. The molecule has 0 unspecified atom stereocenters. The summed E-state index contributed by atoms with van der Waals surface area (Å²) in [5, 5.41) is 3.26. The first kappa shape index (κ1) is 21.4. The van der Waals surface area contributed by atoms with Crippen LogP contribution in [0, 0.1) is 12.8 Å². The normalized spacial score (nSPS) is 15.1. The molecule has 0 aliphatic carbocycles. The van der Waals surface area contributed by atoms with Gasteiger partial charge in [0.1, 0.15) is 0 Å². The summed E-state index contributed by atoms with van der Waals surface area (Å²) in [6, 6.07) is 12.4. The van der Waals surface area contributed by atoms with E-state index in [0.29, 0.717) is 12.5 Å². The molecule has 0 saturated carbocycles. The third-order valence-electron chi connectivity index (χ3n) is 4.45. The van der Waals surface area contributed by atoms with Crippen LogP contribution >= 0.6 is 12.4 Å². The highest BCUT2D eigenvalue weighted by molar-refractivity contribution is 5.85. The minimum Gasteiger partial charge on any atom is -0.489 e. The molecular weight excluding hydrogens is 379 g/mol. The van der Waals surface area contributed by atoms with Crippen LogP contribution in [0.5, 0.6) is 11.5 Å². The van der Waals surface area contributed by atoms with E-state index >= 15 is 0 Å². The molecule has 0 aromatic heterocycles. The molecule has 2 aromatic rings. The summed E-state index contributed by atoms with van der Waals surface area (Å²) in [6.07, 6.45) is -2.85. The fourth-order valence-corrected chi connectivity index (χ4v) is 3.09. The number of nitrogens with one attached hydrogen (secondary N) is 1. The van der Waals surface area contributed by atoms with E-state index in [1.54, 1.807) is 12.1 Å². The van der Waals surface area contributed by atoms with Crippen LogP contribution < -0.4 is 14.8 Å². The van der Waals surface area contributed by atoms with Crippen molar-refractivity contribution in [3.63, 3.8) is 0 Å². The lowest BCUT2D eigenvalue weighted by atomic mass is 9.99. The molecule has 1 aliphatic rings. The Hall–Kier alpha value is -1.92. The number of alkyl halides is 3. The van der Waals surface area contributed by atoms with Gasteiger partial charge >= 0.3 is 6.36 Å². The zero-order valence-corrected chi connectivity index (χ0v) is 15.8.